The molecule has 0 saturated heterocycles. The Kier molecular flexibility index (Phi) is 5.07. The summed E-state index contributed by atoms with van der Waals surface area (Å²) in [5.74, 6) is -0.556. The minimum Gasteiger partial charge on any atom is -0.394 e. The van der Waals surface area contributed by atoms with Crippen molar-refractivity contribution >= 4 is 11.7 Å². The zero-order chi connectivity index (χ0) is 16.1. The number of hydrogen-bond donors (Lipinski definition) is 2. The molecule has 0 aliphatic carbocycles. The van der Waals surface area contributed by atoms with Crippen molar-refractivity contribution in [3.05, 3.63) is 70.8 Å². The molecule has 0 spiro atoms. The third-order valence-corrected chi connectivity index (χ3v) is 3.38. The third kappa shape index (κ3) is 3.59. The number of rotatable bonds is 5. The molecule has 0 radical (unpaired) electrons. The Morgan fingerprint density at radius 2 is 1.64 bits per heavy atom. The summed E-state index contributed by atoms with van der Waals surface area (Å²) in [6, 6.07) is 13.6. The van der Waals surface area contributed by atoms with Crippen LogP contribution in [0.5, 0.6) is 0 Å². The van der Waals surface area contributed by atoms with E-state index < -0.39 is 0 Å². The second kappa shape index (κ2) is 7.00. The van der Waals surface area contributed by atoms with Crippen molar-refractivity contribution in [1.29, 1.82) is 0 Å². The van der Waals surface area contributed by atoms with Gasteiger partial charge in [0, 0.05) is 17.2 Å². The van der Waals surface area contributed by atoms with Gasteiger partial charge in [0.2, 0.25) is 0 Å². The van der Waals surface area contributed by atoms with E-state index in [-0.39, 0.29) is 24.3 Å². The number of aliphatic hydroxyl groups is 1. The largest absolute Gasteiger partial charge is 0.394 e. The number of carbonyl (C=O) groups is 2. The van der Waals surface area contributed by atoms with E-state index in [1.54, 1.807) is 43.3 Å². The van der Waals surface area contributed by atoms with Crippen LogP contribution in [0, 0.1) is 6.92 Å². The van der Waals surface area contributed by atoms with Crippen LogP contribution in [-0.2, 0) is 0 Å². The monoisotopic (exact) mass is 297 g/mol. The SMILES string of the molecule is Cc1ccc(C(=O)c2ccccc2C(=O)NC(C)CO)cc1. The first-order valence-corrected chi connectivity index (χ1v) is 7.15. The second-order valence-corrected chi connectivity index (χ2v) is 5.30. The Balaban J connectivity index is 2.33. The van der Waals surface area contributed by atoms with Crippen molar-refractivity contribution in [2.75, 3.05) is 6.61 Å². The van der Waals surface area contributed by atoms with E-state index >= 15 is 0 Å². The standard InChI is InChI=1S/C18H19NO3/c1-12-7-9-14(10-8-12)17(21)15-5-3-4-6-16(15)18(22)19-13(2)11-20/h3-10,13,20H,11H2,1-2H3,(H,19,22). The first kappa shape index (κ1) is 15.9. The lowest BCUT2D eigenvalue weighted by Crippen LogP contribution is -2.35. The highest BCUT2D eigenvalue weighted by molar-refractivity contribution is 6.15. The molecule has 0 saturated carbocycles. The Hall–Kier alpha value is -2.46. The third-order valence-electron chi connectivity index (χ3n) is 3.38. The molecule has 4 nitrogen and oxygen atoms in total. The van der Waals surface area contributed by atoms with Gasteiger partial charge in [0.25, 0.3) is 5.91 Å². The summed E-state index contributed by atoms with van der Waals surface area (Å²) in [5, 5.41) is 11.7. The molecule has 114 valence electrons. The quantitative estimate of drug-likeness (QED) is 0.832. The van der Waals surface area contributed by atoms with Gasteiger partial charge in [0.15, 0.2) is 5.78 Å². The predicted octanol–water partition coefficient (Wildman–Crippen LogP) is 2.34. The molecule has 0 aliphatic rings. The number of aliphatic hydroxyl groups excluding tert-OH is 1. The van der Waals surface area contributed by atoms with Crippen LogP contribution >= 0.6 is 0 Å². The average molecular weight is 297 g/mol. The zero-order valence-corrected chi connectivity index (χ0v) is 12.7. The van der Waals surface area contributed by atoms with E-state index in [0.717, 1.165) is 5.56 Å². The lowest BCUT2D eigenvalue weighted by atomic mass is 9.97. The van der Waals surface area contributed by atoms with Crippen LogP contribution in [-0.4, -0.2) is 29.4 Å². The number of nitrogens with one attached hydrogen (secondary N) is 1. The van der Waals surface area contributed by atoms with Gasteiger partial charge >= 0.3 is 0 Å². The van der Waals surface area contributed by atoms with Crippen LogP contribution in [0.1, 0.15) is 38.8 Å². The molecular weight excluding hydrogens is 278 g/mol. The molecule has 0 bridgehead atoms. The van der Waals surface area contributed by atoms with Crippen LogP contribution in [0.15, 0.2) is 48.5 Å². The van der Waals surface area contributed by atoms with Crippen LogP contribution in [0.3, 0.4) is 0 Å². The van der Waals surface area contributed by atoms with E-state index in [9.17, 15) is 9.59 Å². The summed E-state index contributed by atoms with van der Waals surface area (Å²) >= 11 is 0. The summed E-state index contributed by atoms with van der Waals surface area (Å²) in [7, 11) is 0. The molecule has 0 aromatic heterocycles. The summed E-state index contributed by atoms with van der Waals surface area (Å²) in [5.41, 5.74) is 2.28. The van der Waals surface area contributed by atoms with Gasteiger partial charge in [-0.15, -0.1) is 0 Å². The summed E-state index contributed by atoms with van der Waals surface area (Å²) < 4.78 is 0. The maximum Gasteiger partial charge on any atom is 0.252 e. The Labute approximate surface area is 129 Å². The molecule has 0 heterocycles. The fourth-order valence-corrected chi connectivity index (χ4v) is 2.09. The fraction of sp³-hybridized carbons (Fsp3) is 0.222. The van der Waals surface area contributed by atoms with Gasteiger partial charge in [-0.3, -0.25) is 9.59 Å². The molecule has 2 rings (SSSR count). The molecular formula is C18H19NO3. The van der Waals surface area contributed by atoms with Gasteiger partial charge in [0.05, 0.1) is 12.2 Å². The van der Waals surface area contributed by atoms with Gasteiger partial charge in [0.1, 0.15) is 0 Å². The molecule has 2 N–H and O–H groups in total. The maximum absolute atomic E-state index is 12.6. The summed E-state index contributed by atoms with van der Waals surface area (Å²) in [4.78, 5) is 24.9. The van der Waals surface area contributed by atoms with E-state index in [2.05, 4.69) is 5.32 Å². The highest BCUT2D eigenvalue weighted by atomic mass is 16.3. The van der Waals surface area contributed by atoms with Crippen molar-refractivity contribution in [3.63, 3.8) is 0 Å². The highest BCUT2D eigenvalue weighted by Gasteiger charge is 2.18. The van der Waals surface area contributed by atoms with Gasteiger partial charge in [-0.1, -0.05) is 48.0 Å². The topological polar surface area (TPSA) is 66.4 Å². The second-order valence-electron chi connectivity index (χ2n) is 5.30. The van der Waals surface area contributed by atoms with Gasteiger partial charge in [-0.05, 0) is 19.9 Å². The fourth-order valence-electron chi connectivity index (χ4n) is 2.09. The Morgan fingerprint density at radius 3 is 2.23 bits per heavy atom. The molecule has 0 fully saturated rings. The van der Waals surface area contributed by atoms with E-state index in [4.69, 9.17) is 5.11 Å². The number of ketones is 1. The van der Waals surface area contributed by atoms with Gasteiger partial charge in [-0.2, -0.15) is 0 Å². The van der Waals surface area contributed by atoms with E-state index in [1.807, 2.05) is 19.1 Å². The lowest BCUT2D eigenvalue weighted by molar-refractivity contribution is 0.0913. The predicted molar refractivity (Wildman–Crippen MR) is 85.1 cm³/mol. The Morgan fingerprint density at radius 1 is 1.05 bits per heavy atom. The number of amides is 1. The molecule has 22 heavy (non-hydrogen) atoms. The highest BCUT2D eigenvalue weighted by Crippen LogP contribution is 2.15. The number of hydrogen-bond acceptors (Lipinski definition) is 3. The van der Waals surface area contributed by atoms with Crippen molar-refractivity contribution in [2.45, 2.75) is 19.9 Å². The number of carbonyl (C=O) groups excluding carboxylic acids is 2. The molecule has 2 aromatic rings. The smallest absolute Gasteiger partial charge is 0.252 e. The molecule has 4 heteroatoms. The van der Waals surface area contributed by atoms with Crippen molar-refractivity contribution in [2.24, 2.45) is 0 Å². The molecule has 2 aromatic carbocycles. The average Bonchev–Trinajstić information content (AvgIpc) is 2.54. The lowest BCUT2D eigenvalue weighted by Gasteiger charge is -2.13. The van der Waals surface area contributed by atoms with Crippen molar-refractivity contribution in [1.82, 2.24) is 5.32 Å². The first-order chi connectivity index (χ1) is 10.5. The van der Waals surface area contributed by atoms with Crippen molar-refractivity contribution < 1.29 is 14.7 Å². The molecule has 1 atom stereocenters. The summed E-state index contributed by atoms with van der Waals surface area (Å²) in [6.45, 7) is 3.49. The van der Waals surface area contributed by atoms with Crippen LogP contribution < -0.4 is 5.32 Å². The van der Waals surface area contributed by atoms with Crippen LogP contribution in [0.25, 0.3) is 0 Å². The maximum atomic E-state index is 12.6. The van der Waals surface area contributed by atoms with E-state index in [1.165, 1.54) is 0 Å². The minimum atomic E-state index is -0.366. The zero-order valence-electron chi connectivity index (χ0n) is 12.7. The molecule has 0 aliphatic heterocycles. The minimum absolute atomic E-state index is 0.153. The molecule has 1 amide bonds. The molecule has 1 unspecified atom stereocenters. The van der Waals surface area contributed by atoms with E-state index in [0.29, 0.717) is 16.7 Å². The van der Waals surface area contributed by atoms with Gasteiger partial charge < -0.3 is 10.4 Å². The summed E-state index contributed by atoms with van der Waals surface area (Å²) in [6.07, 6.45) is 0. The van der Waals surface area contributed by atoms with Crippen LogP contribution in [0.4, 0.5) is 0 Å². The van der Waals surface area contributed by atoms with Crippen LogP contribution in [0.2, 0.25) is 0 Å². The van der Waals surface area contributed by atoms with Crippen molar-refractivity contribution in [3.8, 4) is 0 Å². The first-order valence-electron chi connectivity index (χ1n) is 7.15. The van der Waals surface area contributed by atoms with Gasteiger partial charge in [-0.25, -0.2) is 0 Å². The Bertz CT molecular complexity index is 677. The number of benzene rings is 2. The number of aryl methyl sites for hydroxylation is 1. The normalized spacial score (nSPS) is 11.8.